The molecule has 0 aliphatic heterocycles. The second-order valence-electron chi connectivity index (χ2n) is 4.61. The number of ether oxygens (including phenoxy) is 2. The molecular formula is C14H29NO3S. The first-order valence-corrected chi connectivity index (χ1v) is 8.19. The molecule has 0 atom stereocenters. The monoisotopic (exact) mass is 291 g/mol. The number of rotatable bonds is 13. The summed E-state index contributed by atoms with van der Waals surface area (Å²) in [4.78, 5) is 11.5. The van der Waals surface area contributed by atoms with Crippen LogP contribution >= 0.6 is 11.9 Å². The van der Waals surface area contributed by atoms with Crippen molar-refractivity contribution in [3.05, 3.63) is 0 Å². The fourth-order valence-electron chi connectivity index (χ4n) is 1.72. The summed E-state index contributed by atoms with van der Waals surface area (Å²) in [5.41, 5.74) is 0. The van der Waals surface area contributed by atoms with Crippen molar-refractivity contribution in [1.29, 1.82) is 0 Å². The maximum Gasteiger partial charge on any atom is 0.229 e. The highest BCUT2D eigenvalue weighted by atomic mass is 32.2. The van der Waals surface area contributed by atoms with Crippen LogP contribution < -0.4 is 4.72 Å². The van der Waals surface area contributed by atoms with E-state index in [1.54, 1.807) is 14.2 Å². The van der Waals surface area contributed by atoms with Crippen molar-refractivity contribution in [2.75, 3.05) is 20.0 Å². The maximum atomic E-state index is 11.5. The lowest BCUT2D eigenvalue weighted by Gasteiger charge is -2.12. The van der Waals surface area contributed by atoms with Crippen molar-refractivity contribution in [1.82, 2.24) is 4.72 Å². The van der Waals surface area contributed by atoms with Crippen molar-refractivity contribution in [2.24, 2.45) is 0 Å². The van der Waals surface area contributed by atoms with E-state index >= 15 is 0 Å². The molecule has 5 heteroatoms. The van der Waals surface area contributed by atoms with Crippen LogP contribution in [0.15, 0.2) is 0 Å². The molecule has 0 spiro atoms. The Morgan fingerprint density at radius 1 is 1.05 bits per heavy atom. The van der Waals surface area contributed by atoms with Crippen LogP contribution in [-0.4, -0.2) is 32.2 Å². The van der Waals surface area contributed by atoms with Gasteiger partial charge in [0.05, 0.1) is 5.75 Å². The van der Waals surface area contributed by atoms with Crippen molar-refractivity contribution in [3.63, 3.8) is 0 Å². The number of carbonyl (C=O) groups excluding carboxylic acids is 1. The minimum absolute atomic E-state index is 0.101. The number of unbranched alkanes of at least 4 members (excludes halogenated alkanes) is 6. The molecule has 1 N–H and O–H groups in total. The second kappa shape index (κ2) is 14.2. The van der Waals surface area contributed by atoms with Gasteiger partial charge in [0.2, 0.25) is 5.91 Å². The van der Waals surface area contributed by atoms with Gasteiger partial charge in [0, 0.05) is 20.6 Å². The zero-order valence-corrected chi connectivity index (χ0v) is 13.4. The highest BCUT2D eigenvalue weighted by Gasteiger charge is 2.06. The van der Waals surface area contributed by atoms with Gasteiger partial charge >= 0.3 is 0 Å². The zero-order chi connectivity index (χ0) is 14.3. The van der Waals surface area contributed by atoms with Crippen LogP contribution in [0.1, 0.15) is 58.3 Å². The Bertz CT molecular complexity index is 211. The van der Waals surface area contributed by atoms with Gasteiger partial charge in [-0.2, -0.15) is 0 Å². The van der Waals surface area contributed by atoms with Crippen LogP contribution in [0.2, 0.25) is 0 Å². The average molecular weight is 291 g/mol. The largest absolute Gasteiger partial charge is 0.355 e. The van der Waals surface area contributed by atoms with Gasteiger partial charge in [0.15, 0.2) is 6.29 Å². The molecule has 19 heavy (non-hydrogen) atoms. The third-order valence-electron chi connectivity index (χ3n) is 2.94. The summed E-state index contributed by atoms with van der Waals surface area (Å²) >= 11 is 1.34. The van der Waals surface area contributed by atoms with Gasteiger partial charge in [-0.05, 0) is 18.4 Å². The van der Waals surface area contributed by atoms with Crippen molar-refractivity contribution >= 4 is 17.9 Å². The molecule has 0 aliphatic rings. The smallest absolute Gasteiger partial charge is 0.229 e. The first-order chi connectivity index (χ1) is 9.24. The van der Waals surface area contributed by atoms with Gasteiger partial charge in [-0.25, -0.2) is 0 Å². The summed E-state index contributed by atoms with van der Waals surface area (Å²) in [5, 5.41) is 0. The minimum Gasteiger partial charge on any atom is -0.355 e. The summed E-state index contributed by atoms with van der Waals surface area (Å²) in [7, 11) is 3.18. The third-order valence-corrected chi connectivity index (χ3v) is 3.75. The number of amides is 1. The molecule has 0 saturated carbocycles. The molecule has 1 amide bonds. The second-order valence-corrected chi connectivity index (χ2v) is 5.43. The molecule has 114 valence electrons. The SMILES string of the molecule is CCCCCCCCCC(=O)NSCC(OC)OC. The summed E-state index contributed by atoms with van der Waals surface area (Å²) in [6.45, 7) is 2.22. The predicted octanol–water partition coefficient (Wildman–Crippen LogP) is 3.51. The van der Waals surface area contributed by atoms with E-state index in [0.717, 1.165) is 12.8 Å². The van der Waals surface area contributed by atoms with Gasteiger partial charge in [0.25, 0.3) is 0 Å². The third kappa shape index (κ3) is 12.5. The Morgan fingerprint density at radius 3 is 2.21 bits per heavy atom. The molecular weight excluding hydrogens is 262 g/mol. The minimum atomic E-state index is -0.260. The molecule has 0 saturated heterocycles. The Labute approximate surface area is 122 Å². The maximum absolute atomic E-state index is 11.5. The Balaban J connectivity index is 3.30. The molecule has 4 nitrogen and oxygen atoms in total. The number of hydrogen-bond donors (Lipinski definition) is 1. The van der Waals surface area contributed by atoms with Crippen LogP contribution in [0.25, 0.3) is 0 Å². The molecule has 0 aromatic heterocycles. The Morgan fingerprint density at radius 2 is 1.63 bits per heavy atom. The Kier molecular flexibility index (Phi) is 14.0. The normalized spacial score (nSPS) is 10.9. The number of nitrogens with one attached hydrogen (secondary N) is 1. The first kappa shape index (κ1) is 18.7. The molecule has 0 unspecified atom stereocenters. The fourth-order valence-corrected chi connectivity index (χ4v) is 2.47. The van der Waals surface area contributed by atoms with E-state index in [-0.39, 0.29) is 12.2 Å². The van der Waals surface area contributed by atoms with E-state index in [1.165, 1.54) is 44.1 Å². The van der Waals surface area contributed by atoms with Gasteiger partial charge in [-0.1, -0.05) is 45.4 Å². The number of hydrogen-bond acceptors (Lipinski definition) is 4. The fraction of sp³-hybridized carbons (Fsp3) is 0.929. The Hall–Kier alpha value is -0.260. The molecule has 0 heterocycles. The zero-order valence-electron chi connectivity index (χ0n) is 12.6. The number of carbonyl (C=O) groups is 1. The van der Waals surface area contributed by atoms with Crippen molar-refractivity contribution in [3.8, 4) is 0 Å². The lowest BCUT2D eigenvalue weighted by atomic mass is 10.1. The van der Waals surface area contributed by atoms with Crippen LogP contribution in [0.3, 0.4) is 0 Å². The lowest BCUT2D eigenvalue weighted by molar-refractivity contribution is -0.119. The van der Waals surface area contributed by atoms with E-state index in [0.29, 0.717) is 12.2 Å². The standard InChI is InChI=1S/C14H29NO3S/c1-4-5-6-7-8-9-10-11-13(16)15-19-12-14(17-2)18-3/h14H,4-12H2,1-3H3,(H,15,16). The molecule has 0 bridgehead atoms. The van der Waals surface area contributed by atoms with Crippen molar-refractivity contribution < 1.29 is 14.3 Å². The molecule has 0 radical (unpaired) electrons. The van der Waals surface area contributed by atoms with Gasteiger partial charge < -0.3 is 9.47 Å². The van der Waals surface area contributed by atoms with Crippen LogP contribution in [0.5, 0.6) is 0 Å². The van der Waals surface area contributed by atoms with Crippen LogP contribution in [0, 0.1) is 0 Å². The van der Waals surface area contributed by atoms with Gasteiger partial charge in [0.1, 0.15) is 0 Å². The average Bonchev–Trinajstić information content (AvgIpc) is 2.42. The summed E-state index contributed by atoms with van der Waals surface area (Å²) in [6, 6.07) is 0. The van der Waals surface area contributed by atoms with Crippen LogP contribution in [0.4, 0.5) is 0 Å². The molecule has 0 aromatic rings. The number of methoxy groups -OCH3 is 2. The highest BCUT2D eigenvalue weighted by Crippen LogP contribution is 2.09. The van der Waals surface area contributed by atoms with E-state index in [4.69, 9.17) is 9.47 Å². The highest BCUT2D eigenvalue weighted by molar-refractivity contribution is 7.97. The molecule has 0 rings (SSSR count). The van der Waals surface area contributed by atoms with E-state index in [9.17, 15) is 4.79 Å². The predicted molar refractivity (Wildman–Crippen MR) is 81.0 cm³/mol. The summed E-state index contributed by atoms with van der Waals surface area (Å²) < 4.78 is 12.9. The molecule has 0 aromatic carbocycles. The van der Waals surface area contributed by atoms with Gasteiger partial charge in [-0.15, -0.1) is 0 Å². The first-order valence-electron chi connectivity index (χ1n) is 7.20. The summed E-state index contributed by atoms with van der Waals surface area (Å²) in [6.07, 6.45) is 8.98. The van der Waals surface area contributed by atoms with Crippen LogP contribution in [-0.2, 0) is 14.3 Å². The lowest BCUT2D eigenvalue weighted by Crippen LogP contribution is -2.22. The van der Waals surface area contributed by atoms with E-state index in [2.05, 4.69) is 11.6 Å². The molecule has 0 aliphatic carbocycles. The van der Waals surface area contributed by atoms with E-state index < -0.39 is 0 Å². The van der Waals surface area contributed by atoms with E-state index in [1.807, 2.05) is 0 Å². The summed E-state index contributed by atoms with van der Waals surface area (Å²) in [5.74, 6) is 0.708. The van der Waals surface area contributed by atoms with Gasteiger partial charge in [-0.3, -0.25) is 9.52 Å². The topological polar surface area (TPSA) is 47.6 Å². The molecule has 0 fully saturated rings. The van der Waals surface area contributed by atoms with Crippen molar-refractivity contribution in [2.45, 2.75) is 64.6 Å². The quantitative estimate of drug-likeness (QED) is 0.320.